The van der Waals surface area contributed by atoms with Crippen LogP contribution in [0.3, 0.4) is 0 Å². The lowest BCUT2D eigenvalue weighted by atomic mass is 10.1. The normalized spacial score (nSPS) is 15.4. The first-order chi connectivity index (χ1) is 12.2. The third kappa shape index (κ3) is 3.15. The molecule has 2 heterocycles. The summed E-state index contributed by atoms with van der Waals surface area (Å²) in [5.74, 6) is 0.907. The molecule has 4 rings (SSSR count). The topological polar surface area (TPSA) is 59.9 Å². The van der Waals surface area contributed by atoms with Crippen molar-refractivity contribution in [3.05, 3.63) is 59.9 Å². The zero-order valence-electron chi connectivity index (χ0n) is 13.4. The number of nitrogens with zero attached hydrogens (tertiary/aromatic N) is 3. The molecule has 1 N–H and O–H groups in total. The molecule has 3 aromatic rings. The van der Waals surface area contributed by atoms with Gasteiger partial charge < -0.3 is 10.1 Å². The van der Waals surface area contributed by atoms with Gasteiger partial charge in [0.25, 0.3) is 0 Å². The molecule has 0 amide bonds. The summed E-state index contributed by atoms with van der Waals surface area (Å²) in [4.78, 5) is 4.49. The number of anilines is 1. The number of rotatable bonds is 3. The van der Waals surface area contributed by atoms with Crippen LogP contribution in [0.2, 0.25) is 0 Å². The summed E-state index contributed by atoms with van der Waals surface area (Å²) in [5.41, 5.74) is 2.93. The lowest BCUT2D eigenvalue weighted by molar-refractivity contribution is 0.225. The molecule has 1 aromatic heterocycles. The van der Waals surface area contributed by atoms with E-state index in [9.17, 15) is 4.39 Å². The van der Waals surface area contributed by atoms with E-state index in [1.807, 2.05) is 37.3 Å². The first-order valence-electron chi connectivity index (χ1n) is 7.90. The zero-order chi connectivity index (χ0) is 17.2. The third-order valence-electron chi connectivity index (χ3n) is 3.76. The molecular formula is C18H15FN4OS. The molecule has 0 unspecified atom stereocenters. The van der Waals surface area contributed by atoms with Gasteiger partial charge in [0.1, 0.15) is 5.82 Å². The predicted octanol–water partition coefficient (Wildman–Crippen LogP) is 4.29. The van der Waals surface area contributed by atoms with E-state index in [-0.39, 0.29) is 5.82 Å². The molecule has 1 aliphatic heterocycles. The van der Waals surface area contributed by atoms with Crippen molar-refractivity contribution in [3.63, 3.8) is 0 Å². The number of hydrogen-bond acceptors (Lipinski definition) is 6. The van der Waals surface area contributed by atoms with Gasteiger partial charge in [-0.05, 0) is 24.0 Å². The minimum atomic E-state index is -0.575. The Hall–Kier alpha value is -2.67. The Bertz CT molecular complexity index is 921. The molecule has 0 aliphatic carbocycles. The van der Waals surface area contributed by atoms with Crippen molar-refractivity contribution in [2.75, 3.05) is 11.1 Å². The first kappa shape index (κ1) is 15.8. The smallest absolute Gasteiger partial charge is 0.247 e. The Morgan fingerprint density at radius 2 is 2.04 bits per heavy atom. The summed E-state index contributed by atoms with van der Waals surface area (Å²) in [6.07, 6.45) is -0.575. The molecule has 126 valence electrons. The Kier molecular flexibility index (Phi) is 4.23. The van der Waals surface area contributed by atoms with Crippen LogP contribution in [-0.2, 0) is 0 Å². The molecule has 0 saturated heterocycles. The van der Waals surface area contributed by atoms with E-state index in [4.69, 9.17) is 4.74 Å². The summed E-state index contributed by atoms with van der Waals surface area (Å²) in [5, 5.41) is 12.3. The number of aromatic nitrogens is 3. The molecule has 0 saturated carbocycles. The molecule has 0 spiro atoms. The number of nitrogens with one attached hydrogen (secondary N) is 1. The Morgan fingerprint density at radius 1 is 1.16 bits per heavy atom. The van der Waals surface area contributed by atoms with Crippen molar-refractivity contribution in [1.82, 2.24) is 15.2 Å². The van der Waals surface area contributed by atoms with E-state index in [0.29, 0.717) is 22.3 Å². The second-order valence-corrected chi connectivity index (χ2v) is 6.66. The van der Waals surface area contributed by atoms with E-state index >= 15 is 0 Å². The summed E-state index contributed by atoms with van der Waals surface area (Å²) >= 11 is 1.49. The molecule has 2 aromatic carbocycles. The number of para-hydroxylation sites is 1. The van der Waals surface area contributed by atoms with E-state index in [2.05, 4.69) is 20.5 Å². The monoisotopic (exact) mass is 354 g/mol. The second kappa shape index (κ2) is 6.68. The average molecular weight is 354 g/mol. The highest BCUT2D eigenvalue weighted by Gasteiger charge is 2.26. The van der Waals surface area contributed by atoms with Gasteiger partial charge >= 0.3 is 0 Å². The summed E-state index contributed by atoms with van der Waals surface area (Å²) in [6, 6.07) is 14.0. The first-order valence-corrected chi connectivity index (χ1v) is 8.88. The van der Waals surface area contributed by atoms with Gasteiger partial charge in [-0.2, -0.15) is 4.98 Å². The highest BCUT2D eigenvalue weighted by atomic mass is 32.2. The van der Waals surface area contributed by atoms with E-state index in [0.717, 1.165) is 17.0 Å². The van der Waals surface area contributed by atoms with Gasteiger partial charge in [0.05, 0.1) is 0 Å². The van der Waals surface area contributed by atoms with Crippen molar-refractivity contribution in [3.8, 4) is 17.1 Å². The summed E-state index contributed by atoms with van der Waals surface area (Å²) in [6.45, 7) is 2.02. The van der Waals surface area contributed by atoms with Crippen LogP contribution < -0.4 is 10.1 Å². The average Bonchev–Trinajstić information content (AvgIpc) is 2.78. The quantitative estimate of drug-likeness (QED) is 0.708. The summed E-state index contributed by atoms with van der Waals surface area (Å²) < 4.78 is 19.7. The minimum absolute atomic E-state index is 0.316. The molecular weight excluding hydrogens is 339 g/mol. The van der Waals surface area contributed by atoms with Crippen molar-refractivity contribution in [1.29, 1.82) is 0 Å². The molecule has 25 heavy (non-hydrogen) atoms. The van der Waals surface area contributed by atoms with Gasteiger partial charge in [-0.1, -0.05) is 49.0 Å². The fourth-order valence-corrected chi connectivity index (χ4v) is 3.16. The molecule has 0 bridgehead atoms. The van der Waals surface area contributed by atoms with Crippen molar-refractivity contribution in [2.24, 2.45) is 0 Å². The number of benzene rings is 2. The fraction of sp³-hybridized carbons (Fsp3) is 0.167. The molecule has 0 radical (unpaired) electrons. The Morgan fingerprint density at radius 3 is 2.88 bits per heavy atom. The summed E-state index contributed by atoms with van der Waals surface area (Å²) in [7, 11) is 0. The van der Waals surface area contributed by atoms with Gasteiger partial charge in [0.15, 0.2) is 11.9 Å². The van der Waals surface area contributed by atoms with E-state index in [1.54, 1.807) is 6.07 Å². The third-order valence-corrected chi connectivity index (χ3v) is 4.48. The molecule has 1 atom stereocenters. The minimum Gasteiger partial charge on any atom is -0.448 e. The van der Waals surface area contributed by atoms with E-state index < -0.39 is 6.23 Å². The van der Waals surface area contributed by atoms with Crippen LogP contribution in [-0.4, -0.2) is 20.9 Å². The second-order valence-electron chi connectivity index (χ2n) is 5.42. The van der Waals surface area contributed by atoms with Gasteiger partial charge in [-0.3, -0.25) is 0 Å². The zero-order valence-corrected chi connectivity index (χ0v) is 14.3. The number of fused-ring (bicyclic) bond motifs is 3. The Balaban J connectivity index is 1.84. The lowest BCUT2D eigenvalue weighted by Crippen LogP contribution is -2.17. The van der Waals surface area contributed by atoms with Gasteiger partial charge in [-0.15, -0.1) is 10.2 Å². The maximum atomic E-state index is 13.7. The van der Waals surface area contributed by atoms with Crippen LogP contribution in [0.5, 0.6) is 5.88 Å². The number of hydrogen-bond donors (Lipinski definition) is 1. The number of ether oxygens (including phenoxy) is 1. The van der Waals surface area contributed by atoms with Crippen LogP contribution in [0.4, 0.5) is 10.1 Å². The van der Waals surface area contributed by atoms with Crippen LogP contribution in [0.25, 0.3) is 11.3 Å². The molecule has 5 nitrogen and oxygen atoms in total. The maximum Gasteiger partial charge on any atom is 0.247 e. The molecule has 0 fully saturated rings. The predicted molar refractivity (Wildman–Crippen MR) is 95.1 cm³/mol. The highest BCUT2D eigenvalue weighted by molar-refractivity contribution is 7.99. The number of halogens is 1. The van der Waals surface area contributed by atoms with Crippen LogP contribution in [0.1, 0.15) is 18.7 Å². The van der Waals surface area contributed by atoms with Crippen LogP contribution in [0, 0.1) is 5.82 Å². The van der Waals surface area contributed by atoms with Gasteiger partial charge in [-0.25, -0.2) is 4.39 Å². The molecule has 7 heteroatoms. The largest absolute Gasteiger partial charge is 0.448 e. The van der Waals surface area contributed by atoms with Gasteiger partial charge in [0.2, 0.25) is 11.0 Å². The Labute approximate surface area is 148 Å². The standard InChI is InChI=1S/C18H15FN4OS/c1-2-25-18-21-17-15(22-23-18)13-8-3-4-9-14(13)20-16(24-17)11-6-5-7-12(19)10-11/h3-10,16,20H,2H2,1H3/t16-/m0/s1. The van der Waals surface area contributed by atoms with Crippen molar-refractivity contribution < 1.29 is 9.13 Å². The lowest BCUT2D eigenvalue weighted by Gasteiger charge is -2.19. The van der Waals surface area contributed by atoms with Crippen LogP contribution in [0.15, 0.2) is 53.7 Å². The fourth-order valence-electron chi connectivity index (χ4n) is 2.66. The maximum absolute atomic E-state index is 13.7. The van der Waals surface area contributed by atoms with Crippen LogP contribution >= 0.6 is 11.8 Å². The van der Waals surface area contributed by atoms with E-state index in [1.165, 1.54) is 23.9 Å². The van der Waals surface area contributed by atoms with Crippen molar-refractivity contribution >= 4 is 17.4 Å². The SMILES string of the molecule is CCSc1nnc2c(n1)O[C@@H](c1cccc(F)c1)Nc1ccccc1-2. The number of thioether (sulfide) groups is 1. The van der Waals surface area contributed by atoms with Gasteiger partial charge in [0, 0.05) is 16.8 Å². The van der Waals surface area contributed by atoms with Crippen molar-refractivity contribution in [2.45, 2.75) is 18.3 Å². The molecule has 1 aliphatic rings. The highest BCUT2D eigenvalue weighted by Crippen LogP contribution is 2.39.